The van der Waals surface area contributed by atoms with Gasteiger partial charge in [0.1, 0.15) is 0 Å². The molecular formula is C10H11Cl3. The summed E-state index contributed by atoms with van der Waals surface area (Å²) in [6.45, 7) is 5.98. The van der Waals surface area contributed by atoms with Gasteiger partial charge in [0.15, 0.2) is 0 Å². The predicted molar refractivity (Wildman–Crippen MR) is 60.3 cm³/mol. The predicted octanol–water partition coefficient (Wildman–Crippen LogP) is 5.08. The molecule has 0 radical (unpaired) electrons. The van der Waals surface area contributed by atoms with E-state index in [1.54, 1.807) is 0 Å². The highest BCUT2D eigenvalue weighted by atomic mass is 35.5. The van der Waals surface area contributed by atoms with E-state index >= 15 is 0 Å². The molecule has 0 aliphatic rings. The number of halogens is 3. The first-order valence-electron chi connectivity index (χ1n) is 4.09. The molecule has 0 aromatic heterocycles. The van der Waals surface area contributed by atoms with Gasteiger partial charge < -0.3 is 0 Å². The van der Waals surface area contributed by atoms with Crippen LogP contribution < -0.4 is 0 Å². The van der Waals surface area contributed by atoms with Gasteiger partial charge in [-0.1, -0.05) is 48.7 Å². The number of rotatable bonds is 1. The standard InChI is InChI=1S/C10H11Cl3/c1-5(2)7-4-8(11)6(3)9(12)10(7)13/h4-5H,1-3H3. The van der Waals surface area contributed by atoms with Gasteiger partial charge in [-0.3, -0.25) is 0 Å². The van der Waals surface area contributed by atoms with Gasteiger partial charge in [0.05, 0.1) is 10.0 Å². The summed E-state index contributed by atoms with van der Waals surface area (Å²) in [5, 5.41) is 1.87. The van der Waals surface area contributed by atoms with Gasteiger partial charge in [0.2, 0.25) is 0 Å². The van der Waals surface area contributed by atoms with Crippen molar-refractivity contribution >= 4 is 34.8 Å². The lowest BCUT2D eigenvalue weighted by Crippen LogP contribution is -1.92. The maximum absolute atomic E-state index is 6.07. The topological polar surface area (TPSA) is 0 Å². The van der Waals surface area contributed by atoms with Gasteiger partial charge >= 0.3 is 0 Å². The molecule has 1 rings (SSSR count). The van der Waals surface area contributed by atoms with Crippen LogP contribution in [0.3, 0.4) is 0 Å². The zero-order valence-corrected chi connectivity index (χ0v) is 10.1. The van der Waals surface area contributed by atoms with Crippen molar-refractivity contribution in [1.29, 1.82) is 0 Å². The van der Waals surface area contributed by atoms with Gasteiger partial charge in [0, 0.05) is 5.02 Å². The maximum atomic E-state index is 6.07. The number of hydrogen-bond donors (Lipinski definition) is 0. The molecule has 0 saturated heterocycles. The van der Waals surface area contributed by atoms with Crippen molar-refractivity contribution in [3.63, 3.8) is 0 Å². The highest BCUT2D eigenvalue weighted by molar-refractivity contribution is 6.44. The van der Waals surface area contributed by atoms with Gasteiger partial charge in [-0.25, -0.2) is 0 Å². The fraction of sp³-hybridized carbons (Fsp3) is 0.400. The molecule has 0 aliphatic carbocycles. The SMILES string of the molecule is Cc1c(Cl)cc(C(C)C)c(Cl)c1Cl. The van der Waals surface area contributed by atoms with Crippen LogP contribution in [-0.4, -0.2) is 0 Å². The molecule has 0 nitrogen and oxygen atoms in total. The fourth-order valence-electron chi connectivity index (χ4n) is 1.12. The van der Waals surface area contributed by atoms with E-state index in [1.165, 1.54) is 0 Å². The third-order valence-corrected chi connectivity index (χ3v) is 3.41. The molecule has 0 amide bonds. The molecule has 0 aliphatic heterocycles. The van der Waals surface area contributed by atoms with E-state index in [2.05, 4.69) is 13.8 Å². The minimum Gasteiger partial charge on any atom is -0.0840 e. The van der Waals surface area contributed by atoms with Crippen LogP contribution in [0.25, 0.3) is 0 Å². The smallest absolute Gasteiger partial charge is 0.0639 e. The molecule has 0 heterocycles. The normalized spacial score (nSPS) is 11.0. The van der Waals surface area contributed by atoms with Gasteiger partial charge in [-0.2, -0.15) is 0 Å². The quantitative estimate of drug-likeness (QED) is 0.598. The van der Waals surface area contributed by atoms with E-state index < -0.39 is 0 Å². The Kier molecular flexibility index (Phi) is 3.50. The molecule has 0 fully saturated rings. The minimum atomic E-state index is 0.336. The second kappa shape index (κ2) is 4.08. The van der Waals surface area contributed by atoms with Gasteiger partial charge in [-0.05, 0) is 30.0 Å². The van der Waals surface area contributed by atoms with Crippen LogP contribution in [0.15, 0.2) is 6.07 Å². The summed E-state index contributed by atoms with van der Waals surface area (Å²) in [5.74, 6) is 0.336. The highest BCUT2D eigenvalue weighted by Gasteiger charge is 2.13. The lowest BCUT2D eigenvalue weighted by atomic mass is 10.0. The van der Waals surface area contributed by atoms with Crippen LogP contribution in [0, 0.1) is 6.92 Å². The molecule has 0 saturated carbocycles. The molecule has 0 bridgehead atoms. The zero-order valence-electron chi connectivity index (χ0n) is 7.79. The van der Waals surface area contributed by atoms with Crippen LogP contribution >= 0.6 is 34.8 Å². The second-order valence-corrected chi connectivity index (χ2v) is 4.52. The van der Waals surface area contributed by atoms with Crippen LogP contribution in [0.4, 0.5) is 0 Å². The summed E-state index contributed by atoms with van der Waals surface area (Å²) in [5.41, 5.74) is 1.85. The average molecular weight is 238 g/mol. The molecule has 1 aromatic rings. The molecule has 1 aromatic carbocycles. The van der Waals surface area contributed by atoms with Crippen molar-refractivity contribution in [2.24, 2.45) is 0 Å². The van der Waals surface area contributed by atoms with E-state index in [9.17, 15) is 0 Å². The third-order valence-electron chi connectivity index (χ3n) is 2.04. The van der Waals surface area contributed by atoms with Gasteiger partial charge in [-0.15, -0.1) is 0 Å². The Morgan fingerprint density at radius 1 is 1.08 bits per heavy atom. The van der Waals surface area contributed by atoms with Crippen LogP contribution in [0.1, 0.15) is 30.9 Å². The van der Waals surface area contributed by atoms with Crippen molar-refractivity contribution in [3.05, 3.63) is 32.3 Å². The lowest BCUT2D eigenvalue weighted by molar-refractivity contribution is 0.866. The lowest BCUT2D eigenvalue weighted by Gasteiger charge is -2.12. The van der Waals surface area contributed by atoms with Crippen molar-refractivity contribution in [3.8, 4) is 0 Å². The monoisotopic (exact) mass is 236 g/mol. The Balaban J connectivity index is 3.41. The first-order valence-corrected chi connectivity index (χ1v) is 5.22. The summed E-state index contributed by atoms with van der Waals surface area (Å²) >= 11 is 18.1. The highest BCUT2D eigenvalue weighted by Crippen LogP contribution is 2.37. The van der Waals surface area contributed by atoms with Crippen LogP contribution in [-0.2, 0) is 0 Å². The molecule has 3 heteroatoms. The molecule has 72 valence electrons. The Morgan fingerprint density at radius 2 is 1.62 bits per heavy atom. The first kappa shape index (κ1) is 11.2. The Morgan fingerprint density at radius 3 is 2.08 bits per heavy atom. The van der Waals surface area contributed by atoms with Gasteiger partial charge in [0.25, 0.3) is 0 Å². The number of hydrogen-bond acceptors (Lipinski definition) is 0. The molecular weight excluding hydrogens is 226 g/mol. The van der Waals surface area contributed by atoms with E-state index in [0.29, 0.717) is 21.0 Å². The van der Waals surface area contributed by atoms with E-state index in [1.807, 2.05) is 13.0 Å². The summed E-state index contributed by atoms with van der Waals surface area (Å²) in [4.78, 5) is 0. The summed E-state index contributed by atoms with van der Waals surface area (Å²) < 4.78 is 0. The Bertz CT molecular complexity index is 329. The van der Waals surface area contributed by atoms with Crippen molar-refractivity contribution in [1.82, 2.24) is 0 Å². The molecule has 13 heavy (non-hydrogen) atoms. The Hall–Kier alpha value is 0.0900. The first-order chi connectivity index (χ1) is 5.95. The van der Waals surface area contributed by atoms with Crippen LogP contribution in [0.2, 0.25) is 15.1 Å². The number of benzene rings is 1. The fourth-order valence-corrected chi connectivity index (χ4v) is 2.01. The van der Waals surface area contributed by atoms with Crippen molar-refractivity contribution in [2.45, 2.75) is 26.7 Å². The van der Waals surface area contributed by atoms with Crippen molar-refractivity contribution in [2.75, 3.05) is 0 Å². The maximum Gasteiger partial charge on any atom is 0.0639 e. The van der Waals surface area contributed by atoms with E-state index in [-0.39, 0.29) is 0 Å². The second-order valence-electron chi connectivity index (χ2n) is 3.36. The van der Waals surface area contributed by atoms with E-state index in [0.717, 1.165) is 11.1 Å². The molecule has 0 unspecified atom stereocenters. The molecule has 0 atom stereocenters. The third kappa shape index (κ3) is 2.12. The largest absolute Gasteiger partial charge is 0.0840 e. The summed E-state index contributed by atoms with van der Waals surface area (Å²) in [6, 6.07) is 1.88. The summed E-state index contributed by atoms with van der Waals surface area (Å²) in [7, 11) is 0. The van der Waals surface area contributed by atoms with E-state index in [4.69, 9.17) is 34.8 Å². The molecule has 0 spiro atoms. The summed E-state index contributed by atoms with van der Waals surface area (Å²) in [6.07, 6.45) is 0. The molecule has 0 N–H and O–H groups in total. The van der Waals surface area contributed by atoms with Crippen molar-refractivity contribution < 1.29 is 0 Å². The zero-order chi connectivity index (χ0) is 10.2. The minimum absolute atomic E-state index is 0.336. The Labute approximate surface area is 93.8 Å². The average Bonchev–Trinajstić information content (AvgIpc) is 2.07. The van der Waals surface area contributed by atoms with Crippen LogP contribution in [0.5, 0.6) is 0 Å².